The third-order valence-corrected chi connectivity index (χ3v) is 4.10. The molecule has 2 aliphatic heterocycles. The van der Waals surface area contributed by atoms with E-state index in [2.05, 4.69) is 0 Å². The zero-order valence-corrected chi connectivity index (χ0v) is 11.3. The first kappa shape index (κ1) is 12.5. The van der Waals surface area contributed by atoms with Gasteiger partial charge in [-0.25, -0.2) is 0 Å². The maximum absolute atomic E-state index is 12.6. The molecular formula is C15H20N2O2. The van der Waals surface area contributed by atoms with Gasteiger partial charge in [0.1, 0.15) is 0 Å². The Balaban J connectivity index is 1.87. The number of amides is 1. The molecule has 0 spiro atoms. The first-order valence-corrected chi connectivity index (χ1v) is 6.97. The monoisotopic (exact) mass is 260 g/mol. The number of carbonyl (C=O) groups is 1. The average Bonchev–Trinajstić information content (AvgIpc) is 2.85. The molecule has 0 saturated carbocycles. The summed E-state index contributed by atoms with van der Waals surface area (Å²) in [6.07, 6.45) is 2.96. The van der Waals surface area contributed by atoms with Crippen LogP contribution in [0.15, 0.2) is 18.2 Å². The Kier molecular flexibility index (Phi) is 3.19. The van der Waals surface area contributed by atoms with Crippen LogP contribution in [-0.4, -0.2) is 25.2 Å². The third-order valence-electron chi connectivity index (χ3n) is 4.10. The number of ether oxygens (including phenoxy) is 1. The summed E-state index contributed by atoms with van der Waals surface area (Å²) >= 11 is 0. The molecule has 0 bridgehead atoms. The van der Waals surface area contributed by atoms with Gasteiger partial charge in [0, 0.05) is 17.9 Å². The fraction of sp³-hybridized carbons (Fsp3) is 0.533. The lowest BCUT2D eigenvalue weighted by Gasteiger charge is -2.31. The van der Waals surface area contributed by atoms with Gasteiger partial charge in [-0.3, -0.25) is 4.79 Å². The molecule has 0 radical (unpaired) electrons. The molecule has 1 fully saturated rings. The van der Waals surface area contributed by atoms with Gasteiger partial charge < -0.3 is 15.4 Å². The highest BCUT2D eigenvalue weighted by Crippen LogP contribution is 2.33. The number of benzene rings is 1. The standard InChI is InChI=1S/C15H20N2O2/c1-10-8-11(9-19-10)15(18)17-7-3-4-12-13(16)5-2-6-14(12)17/h2,5-6,10-11H,3-4,7-9,16H2,1H3. The maximum atomic E-state index is 12.6. The third kappa shape index (κ3) is 2.21. The van der Waals surface area contributed by atoms with Crippen molar-refractivity contribution in [3.05, 3.63) is 23.8 Å². The molecule has 4 heteroatoms. The summed E-state index contributed by atoms with van der Waals surface area (Å²) in [7, 11) is 0. The van der Waals surface area contributed by atoms with Crippen LogP contribution in [-0.2, 0) is 16.0 Å². The van der Waals surface area contributed by atoms with Crippen LogP contribution in [0.1, 0.15) is 25.3 Å². The van der Waals surface area contributed by atoms with Crippen LogP contribution in [0, 0.1) is 5.92 Å². The molecule has 1 aromatic carbocycles. The van der Waals surface area contributed by atoms with Crippen molar-refractivity contribution in [2.45, 2.75) is 32.3 Å². The van der Waals surface area contributed by atoms with Crippen LogP contribution in [0.2, 0.25) is 0 Å². The smallest absolute Gasteiger partial charge is 0.232 e. The van der Waals surface area contributed by atoms with Crippen LogP contribution in [0.25, 0.3) is 0 Å². The van der Waals surface area contributed by atoms with E-state index in [-0.39, 0.29) is 17.9 Å². The van der Waals surface area contributed by atoms with Crippen LogP contribution >= 0.6 is 0 Å². The summed E-state index contributed by atoms with van der Waals surface area (Å²) in [6, 6.07) is 5.84. The van der Waals surface area contributed by atoms with Crippen molar-refractivity contribution in [1.29, 1.82) is 0 Å². The minimum absolute atomic E-state index is 0.00220. The Labute approximate surface area is 113 Å². The van der Waals surface area contributed by atoms with E-state index >= 15 is 0 Å². The topological polar surface area (TPSA) is 55.6 Å². The van der Waals surface area contributed by atoms with E-state index in [1.807, 2.05) is 30.0 Å². The molecule has 2 heterocycles. The largest absolute Gasteiger partial charge is 0.398 e. The van der Waals surface area contributed by atoms with E-state index in [0.29, 0.717) is 6.61 Å². The van der Waals surface area contributed by atoms with E-state index < -0.39 is 0 Å². The first-order valence-electron chi connectivity index (χ1n) is 6.97. The van der Waals surface area contributed by atoms with Gasteiger partial charge in [-0.15, -0.1) is 0 Å². The number of fused-ring (bicyclic) bond motifs is 1. The average molecular weight is 260 g/mol. The van der Waals surface area contributed by atoms with E-state index in [1.165, 1.54) is 0 Å². The van der Waals surface area contributed by atoms with Crippen molar-refractivity contribution < 1.29 is 9.53 Å². The van der Waals surface area contributed by atoms with Gasteiger partial charge in [0.25, 0.3) is 0 Å². The predicted molar refractivity (Wildman–Crippen MR) is 75.0 cm³/mol. The zero-order chi connectivity index (χ0) is 13.4. The van der Waals surface area contributed by atoms with Crippen molar-refractivity contribution in [3.63, 3.8) is 0 Å². The number of hydrogen-bond acceptors (Lipinski definition) is 3. The van der Waals surface area contributed by atoms with Gasteiger partial charge in [0.2, 0.25) is 5.91 Å². The van der Waals surface area contributed by atoms with Crippen LogP contribution < -0.4 is 10.6 Å². The van der Waals surface area contributed by atoms with E-state index in [4.69, 9.17) is 10.5 Å². The van der Waals surface area contributed by atoms with Crippen molar-refractivity contribution in [2.24, 2.45) is 5.92 Å². The normalized spacial score (nSPS) is 26.3. The summed E-state index contributed by atoms with van der Waals surface area (Å²) in [5, 5.41) is 0. The summed E-state index contributed by atoms with van der Waals surface area (Å²) in [6.45, 7) is 3.36. The number of nitrogens with zero attached hydrogens (tertiary/aromatic N) is 1. The maximum Gasteiger partial charge on any atom is 0.232 e. The van der Waals surface area contributed by atoms with Crippen molar-refractivity contribution in [2.75, 3.05) is 23.8 Å². The Morgan fingerprint density at radius 3 is 3.05 bits per heavy atom. The quantitative estimate of drug-likeness (QED) is 0.785. The molecule has 0 aliphatic carbocycles. The lowest BCUT2D eigenvalue weighted by molar-refractivity contribution is -0.122. The van der Waals surface area contributed by atoms with Gasteiger partial charge >= 0.3 is 0 Å². The fourth-order valence-electron chi connectivity index (χ4n) is 3.09. The second-order valence-corrected chi connectivity index (χ2v) is 5.51. The lowest BCUT2D eigenvalue weighted by atomic mass is 9.97. The predicted octanol–water partition coefficient (Wildman–Crippen LogP) is 1.97. The Morgan fingerprint density at radius 2 is 2.32 bits per heavy atom. The van der Waals surface area contributed by atoms with Crippen LogP contribution in [0.3, 0.4) is 0 Å². The first-order chi connectivity index (χ1) is 9.16. The molecule has 3 rings (SSSR count). The lowest BCUT2D eigenvalue weighted by Crippen LogP contribution is -2.40. The van der Waals surface area contributed by atoms with E-state index in [1.54, 1.807) is 0 Å². The Hall–Kier alpha value is -1.55. The van der Waals surface area contributed by atoms with Crippen molar-refractivity contribution in [1.82, 2.24) is 0 Å². The van der Waals surface area contributed by atoms with Crippen LogP contribution in [0.5, 0.6) is 0 Å². The highest BCUT2D eigenvalue weighted by molar-refractivity contribution is 5.97. The molecule has 2 unspecified atom stereocenters. The number of rotatable bonds is 1. The summed E-state index contributed by atoms with van der Waals surface area (Å²) < 4.78 is 5.52. The van der Waals surface area contributed by atoms with Crippen LogP contribution in [0.4, 0.5) is 11.4 Å². The SMILES string of the molecule is CC1CC(C(=O)N2CCCc3c(N)cccc32)CO1. The molecule has 4 nitrogen and oxygen atoms in total. The summed E-state index contributed by atoms with van der Waals surface area (Å²) in [4.78, 5) is 14.5. The Bertz CT molecular complexity index is 501. The Morgan fingerprint density at radius 1 is 1.47 bits per heavy atom. The molecule has 1 saturated heterocycles. The number of nitrogens with two attached hydrogens (primary N) is 1. The van der Waals surface area contributed by atoms with Crippen molar-refractivity contribution >= 4 is 17.3 Å². The highest BCUT2D eigenvalue weighted by Gasteiger charge is 2.34. The van der Waals surface area contributed by atoms with Gasteiger partial charge in [0.05, 0.1) is 18.6 Å². The van der Waals surface area contributed by atoms with Crippen molar-refractivity contribution in [3.8, 4) is 0 Å². The fourth-order valence-corrected chi connectivity index (χ4v) is 3.09. The highest BCUT2D eigenvalue weighted by atomic mass is 16.5. The molecule has 0 aromatic heterocycles. The second-order valence-electron chi connectivity index (χ2n) is 5.51. The van der Waals surface area contributed by atoms with E-state index in [9.17, 15) is 4.79 Å². The molecule has 2 N–H and O–H groups in total. The molecule has 2 aliphatic rings. The zero-order valence-electron chi connectivity index (χ0n) is 11.3. The molecule has 19 heavy (non-hydrogen) atoms. The molecule has 102 valence electrons. The summed E-state index contributed by atoms with van der Waals surface area (Å²) in [5.41, 5.74) is 8.93. The van der Waals surface area contributed by atoms with Gasteiger partial charge in [-0.05, 0) is 43.9 Å². The molecule has 2 atom stereocenters. The number of nitrogen functional groups attached to an aromatic ring is 1. The van der Waals surface area contributed by atoms with Gasteiger partial charge in [0.15, 0.2) is 0 Å². The summed E-state index contributed by atoms with van der Waals surface area (Å²) in [5.74, 6) is 0.193. The molecule has 1 aromatic rings. The van der Waals surface area contributed by atoms with Gasteiger partial charge in [-0.2, -0.15) is 0 Å². The minimum atomic E-state index is 0.00220. The molecule has 1 amide bonds. The van der Waals surface area contributed by atoms with E-state index in [0.717, 1.165) is 42.7 Å². The second kappa shape index (κ2) is 4.85. The number of hydrogen-bond donors (Lipinski definition) is 1. The number of carbonyl (C=O) groups excluding carboxylic acids is 1. The number of anilines is 2. The van der Waals surface area contributed by atoms with Gasteiger partial charge in [-0.1, -0.05) is 6.07 Å². The molecular weight excluding hydrogens is 240 g/mol. The minimum Gasteiger partial charge on any atom is -0.398 e.